The maximum atomic E-state index is 14.3. The molecule has 0 amide bonds. The van der Waals surface area contributed by atoms with Crippen LogP contribution in [0.5, 0.6) is 0 Å². The van der Waals surface area contributed by atoms with Gasteiger partial charge in [0.2, 0.25) is 0 Å². The largest absolute Gasteiger partial charge is 0.478 e. The molecular weight excluding hydrogens is 512 g/mol. The second kappa shape index (κ2) is 17.3. The highest BCUT2D eigenvalue weighted by atomic mass is 16.5. The molecule has 1 aliphatic rings. The molecule has 0 aliphatic carbocycles. The number of nitrogens with zero attached hydrogens (tertiary/aromatic N) is 2. The van der Waals surface area contributed by atoms with Crippen molar-refractivity contribution in [3.8, 4) is 0 Å². The lowest BCUT2D eigenvalue weighted by Crippen LogP contribution is -2.54. The predicted octanol–water partition coefficient (Wildman–Crippen LogP) is 7.65. The van der Waals surface area contributed by atoms with E-state index in [-0.39, 0.29) is 11.3 Å². The number of carbonyl (C=O) groups excluding carboxylic acids is 1. The van der Waals surface area contributed by atoms with E-state index in [1.165, 1.54) is 57.8 Å². The number of morpholine rings is 1. The smallest absolute Gasteiger partial charge is 0.335 e. The summed E-state index contributed by atoms with van der Waals surface area (Å²) in [5.74, 6) is -0.807. The number of anilines is 1. The van der Waals surface area contributed by atoms with Crippen LogP contribution in [0.25, 0.3) is 0 Å². The van der Waals surface area contributed by atoms with Gasteiger partial charge in [-0.15, -0.1) is 0 Å². The van der Waals surface area contributed by atoms with Crippen molar-refractivity contribution in [2.24, 2.45) is 0 Å². The van der Waals surface area contributed by atoms with Crippen molar-refractivity contribution in [1.82, 2.24) is 4.90 Å². The Balaban J connectivity index is 1.69. The van der Waals surface area contributed by atoms with Crippen molar-refractivity contribution in [2.75, 3.05) is 44.8 Å². The lowest BCUT2D eigenvalue weighted by atomic mass is 9.79. The number of aromatic carboxylic acids is 1. The summed E-state index contributed by atoms with van der Waals surface area (Å²) in [6.07, 6.45) is 14.0. The summed E-state index contributed by atoms with van der Waals surface area (Å²) in [5, 5.41) is 9.35. The average molecular weight is 565 g/mol. The van der Waals surface area contributed by atoms with Crippen molar-refractivity contribution in [1.29, 1.82) is 0 Å². The van der Waals surface area contributed by atoms with E-state index in [4.69, 9.17) is 4.74 Å². The van der Waals surface area contributed by atoms with E-state index >= 15 is 0 Å². The van der Waals surface area contributed by atoms with Crippen LogP contribution < -0.4 is 4.90 Å². The van der Waals surface area contributed by atoms with Crippen LogP contribution >= 0.6 is 0 Å². The molecule has 41 heavy (non-hydrogen) atoms. The normalized spacial score (nSPS) is 15.2. The number of Topliss-reactive ketones (excluding diaryl/α,β-unsaturated/α-hetero) is 1. The molecule has 1 atom stereocenters. The number of carbonyl (C=O) groups is 2. The molecule has 0 radical (unpaired) electrons. The lowest BCUT2D eigenvalue weighted by Gasteiger charge is -2.41. The fraction of sp³-hybridized carbons (Fsp3) is 0.600. The van der Waals surface area contributed by atoms with E-state index in [1.807, 2.05) is 24.3 Å². The van der Waals surface area contributed by atoms with Gasteiger partial charge >= 0.3 is 5.97 Å². The number of benzene rings is 2. The minimum atomic E-state index is -0.937. The summed E-state index contributed by atoms with van der Waals surface area (Å²) in [4.78, 5) is 30.3. The van der Waals surface area contributed by atoms with E-state index in [0.717, 1.165) is 56.1 Å². The molecule has 0 bridgehead atoms. The van der Waals surface area contributed by atoms with Gasteiger partial charge in [-0.1, -0.05) is 83.8 Å². The van der Waals surface area contributed by atoms with E-state index in [2.05, 4.69) is 42.8 Å². The monoisotopic (exact) mass is 564 g/mol. The molecule has 2 aromatic rings. The summed E-state index contributed by atoms with van der Waals surface area (Å²) in [7, 11) is 2.09. The number of carboxylic acid groups (broad SMARTS) is 1. The van der Waals surface area contributed by atoms with Gasteiger partial charge in [0.05, 0.1) is 24.3 Å². The highest BCUT2D eigenvalue weighted by molar-refractivity contribution is 6.03. The first-order chi connectivity index (χ1) is 19.9. The molecule has 1 saturated heterocycles. The Kier molecular flexibility index (Phi) is 13.8. The molecule has 1 N–H and O–H groups in total. The molecule has 1 heterocycles. The van der Waals surface area contributed by atoms with Gasteiger partial charge in [0, 0.05) is 24.3 Å². The van der Waals surface area contributed by atoms with Crippen LogP contribution in [-0.4, -0.2) is 67.2 Å². The first-order valence-electron chi connectivity index (χ1n) is 15.9. The van der Waals surface area contributed by atoms with Crippen LogP contribution in [0, 0.1) is 0 Å². The van der Waals surface area contributed by atoms with Crippen molar-refractivity contribution in [3.63, 3.8) is 0 Å². The van der Waals surface area contributed by atoms with E-state index in [1.54, 1.807) is 12.1 Å². The molecule has 3 rings (SSSR count). The molecule has 6 nitrogen and oxygen atoms in total. The third-order valence-electron chi connectivity index (χ3n) is 8.79. The van der Waals surface area contributed by atoms with Crippen LogP contribution in [0.3, 0.4) is 0 Å². The molecule has 0 saturated carbocycles. The molecule has 1 aliphatic heterocycles. The maximum Gasteiger partial charge on any atom is 0.335 e. The third-order valence-corrected chi connectivity index (χ3v) is 8.79. The van der Waals surface area contributed by atoms with Crippen molar-refractivity contribution >= 4 is 17.4 Å². The SMILES string of the molecule is CCCCCCCCCCCCN(C)C(CC)(Cc1ccc(C(=O)O)cc1)C(=O)c1ccc(N2CCOCC2)cc1. The molecule has 226 valence electrons. The van der Waals surface area contributed by atoms with Gasteiger partial charge in [-0.2, -0.15) is 0 Å². The van der Waals surface area contributed by atoms with Gasteiger partial charge in [0.25, 0.3) is 0 Å². The second-order valence-electron chi connectivity index (χ2n) is 11.6. The minimum Gasteiger partial charge on any atom is -0.478 e. The molecular formula is C35H52N2O4. The predicted molar refractivity (Wildman–Crippen MR) is 168 cm³/mol. The number of likely N-dealkylation sites (N-methyl/N-ethyl adjacent to an activating group) is 1. The van der Waals surface area contributed by atoms with Crippen LogP contribution in [-0.2, 0) is 11.2 Å². The summed E-state index contributed by atoms with van der Waals surface area (Å²) in [5.41, 5.74) is 2.38. The van der Waals surface area contributed by atoms with Crippen LogP contribution in [0.4, 0.5) is 5.69 Å². The van der Waals surface area contributed by atoms with Crippen molar-refractivity contribution in [2.45, 2.75) is 96.4 Å². The standard InChI is InChI=1S/C35H52N2O4/c1-4-6-7-8-9-10-11-12-13-14-23-36(3)35(5-2,28-29-15-17-31(18-16-29)34(39)40)33(38)30-19-21-32(22-20-30)37-24-26-41-27-25-37/h15-22H,4-14,23-28H2,1-3H3,(H,39,40). The second-order valence-corrected chi connectivity index (χ2v) is 11.6. The number of rotatable bonds is 19. The Bertz CT molecular complexity index is 1050. The molecule has 0 spiro atoms. The number of hydrogen-bond acceptors (Lipinski definition) is 5. The third kappa shape index (κ3) is 9.68. The highest BCUT2D eigenvalue weighted by Crippen LogP contribution is 2.30. The number of carboxylic acids is 1. The minimum absolute atomic E-state index is 0.130. The number of ether oxygens (including phenoxy) is 1. The zero-order chi connectivity index (χ0) is 29.5. The number of unbranched alkanes of at least 4 members (excludes halogenated alkanes) is 9. The van der Waals surface area contributed by atoms with Gasteiger partial charge in [-0.05, 0) is 74.8 Å². The zero-order valence-corrected chi connectivity index (χ0v) is 25.7. The highest BCUT2D eigenvalue weighted by Gasteiger charge is 2.41. The van der Waals surface area contributed by atoms with Gasteiger partial charge < -0.3 is 14.7 Å². The lowest BCUT2D eigenvalue weighted by molar-refractivity contribution is 0.0594. The van der Waals surface area contributed by atoms with Gasteiger partial charge in [-0.25, -0.2) is 4.79 Å². The van der Waals surface area contributed by atoms with E-state index in [9.17, 15) is 14.7 Å². The van der Waals surface area contributed by atoms with Crippen LogP contribution in [0.2, 0.25) is 0 Å². The van der Waals surface area contributed by atoms with Gasteiger partial charge in [0.1, 0.15) is 0 Å². The van der Waals surface area contributed by atoms with E-state index in [0.29, 0.717) is 12.8 Å². The maximum absolute atomic E-state index is 14.3. The molecule has 1 unspecified atom stereocenters. The van der Waals surface area contributed by atoms with E-state index < -0.39 is 11.5 Å². The summed E-state index contributed by atoms with van der Waals surface area (Å²) in [6.45, 7) is 8.39. The average Bonchev–Trinajstić information content (AvgIpc) is 3.01. The molecule has 0 aromatic heterocycles. The Morgan fingerprint density at radius 3 is 1.88 bits per heavy atom. The first-order valence-corrected chi connectivity index (χ1v) is 15.9. The van der Waals surface area contributed by atoms with Crippen molar-refractivity contribution < 1.29 is 19.4 Å². The number of ketones is 1. The Morgan fingerprint density at radius 1 is 0.805 bits per heavy atom. The molecule has 1 fully saturated rings. The van der Waals surface area contributed by atoms with Crippen molar-refractivity contribution in [3.05, 3.63) is 65.2 Å². The molecule has 2 aromatic carbocycles. The fourth-order valence-corrected chi connectivity index (χ4v) is 6.01. The Labute approximate surface area is 248 Å². The summed E-state index contributed by atoms with van der Waals surface area (Å²) >= 11 is 0. The van der Waals surface area contributed by atoms with Crippen LogP contribution in [0.1, 0.15) is 111 Å². The number of hydrogen-bond donors (Lipinski definition) is 1. The van der Waals surface area contributed by atoms with Gasteiger partial charge in [0.15, 0.2) is 5.78 Å². The molecule has 6 heteroatoms. The fourth-order valence-electron chi connectivity index (χ4n) is 6.01. The summed E-state index contributed by atoms with van der Waals surface area (Å²) < 4.78 is 5.49. The van der Waals surface area contributed by atoms with Gasteiger partial charge in [-0.3, -0.25) is 9.69 Å². The Morgan fingerprint density at radius 2 is 1.34 bits per heavy atom. The summed E-state index contributed by atoms with van der Waals surface area (Å²) in [6, 6.07) is 15.1. The topological polar surface area (TPSA) is 70.1 Å². The quantitative estimate of drug-likeness (QED) is 0.140. The Hall–Kier alpha value is -2.70. The zero-order valence-electron chi connectivity index (χ0n) is 25.7. The van der Waals surface area contributed by atoms with Crippen LogP contribution in [0.15, 0.2) is 48.5 Å². The first kappa shape index (κ1) is 32.8.